The van der Waals surface area contributed by atoms with E-state index in [-0.39, 0.29) is 11.6 Å². The summed E-state index contributed by atoms with van der Waals surface area (Å²) in [6, 6.07) is 3.17. The molecule has 0 aromatic heterocycles. The van der Waals surface area contributed by atoms with Crippen molar-refractivity contribution >= 4 is 15.9 Å². The van der Waals surface area contributed by atoms with Crippen LogP contribution >= 0.6 is 15.9 Å². The van der Waals surface area contributed by atoms with E-state index in [1.807, 2.05) is 6.92 Å². The van der Waals surface area contributed by atoms with E-state index in [2.05, 4.69) is 15.9 Å². The van der Waals surface area contributed by atoms with Crippen LogP contribution in [0.15, 0.2) is 16.6 Å². The molecular weight excluding hydrogens is 223 g/mol. The summed E-state index contributed by atoms with van der Waals surface area (Å²) in [4.78, 5) is 0. The van der Waals surface area contributed by atoms with Gasteiger partial charge in [0.1, 0.15) is 0 Å². The molecule has 0 saturated heterocycles. The summed E-state index contributed by atoms with van der Waals surface area (Å²) in [5, 5.41) is 0. The second-order valence-corrected chi connectivity index (χ2v) is 3.20. The number of benzene rings is 1. The molecule has 0 unspecified atom stereocenters. The molecule has 0 radical (unpaired) electrons. The Morgan fingerprint density at radius 3 is 2.67 bits per heavy atom. The molecule has 1 aromatic rings. The van der Waals surface area contributed by atoms with Crippen molar-refractivity contribution in [2.75, 3.05) is 7.11 Å². The lowest BCUT2D eigenvalue weighted by molar-refractivity contribution is 0.383. The Morgan fingerprint density at radius 1 is 1.50 bits per heavy atom. The van der Waals surface area contributed by atoms with E-state index >= 15 is 0 Å². The number of aryl methyl sites for hydroxylation is 1. The fraction of sp³-hybridized carbons (Fsp3) is 0.333. The first-order valence-electron chi connectivity index (χ1n) is 3.71. The van der Waals surface area contributed by atoms with Crippen LogP contribution in [-0.2, 0) is 6.42 Å². The molecule has 1 rings (SSSR count). The van der Waals surface area contributed by atoms with Gasteiger partial charge in [-0.05, 0) is 34.0 Å². The smallest absolute Gasteiger partial charge is 0.168 e. The summed E-state index contributed by atoms with van der Waals surface area (Å²) >= 11 is 3.29. The highest BCUT2D eigenvalue weighted by Crippen LogP contribution is 2.31. The molecule has 1 nitrogen and oxygen atoms in total. The average Bonchev–Trinajstić information content (AvgIpc) is 2.06. The van der Waals surface area contributed by atoms with E-state index in [0.717, 1.165) is 12.0 Å². The third-order valence-corrected chi connectivity index (χ3v) is 2.58. The van der Waals surface area contributed by atoms with E-state index in [4.69, 9.17) is 4.74 Å². The third kappa shape index (κ3) is 1.61. The Balaban J connectivity index is 3.24. The van der Waals surface area contributed by atoms with E-state index in [0.29, 0.717) is 4.47 Å². The fourth-order valence-corrected chi connectivity index (χ4v) is 1.80. The quantitative estimate of drug-likeness (QED) is 0.762. The van der Waals surface area contributed by atoms with Crippen molar-refractivity contribution in [2.24, 2.45) is 0 Å². The maximum absolute atomic E-state index is 13.0. The molecule has 0 saturated carbocycles. The molecule has 0 amide bonds. The average molecular weight is 233 g/mol. The van der Waals surface area contributed by atoms with Gasteiger partial charge in [-0.25, -0.2) is 4.39 Å². The largest absolute Gasteiger partial charge is 0.492 e. The summed E-state index contributed by atoms with van der Waals surface area (Å²) in [5.74, 6) is -0.0454. The summed E-state index contributed by atoms with van der Waals surface area (Å²) in [7, 11) is 1.46. The summed E-state index contributed by atoms with van der Waals surface area (Å²) in [5.41, 5.74) is 1.05. The third-order valence-electron chi connectivity index (χ3n) is 1.71. The summed E-state index contributed by atoms with van der Waals surface area (Å²) in [6.07, 6.45) is 0.858. The standard InChI is InChI=1S/C9H10BrFO/c1-3-6-4-5-7(11)9(12-2)8(6)10/h4-5H,3H2,1-2H3. The number of ether oxygens (including phenoxy) is 1. The van der Waals surface area contributed by atoms with Gasteiger partial charge in [-0.2, -0.15) is 0 Å². The van der Waals surface area contributed by atoms with Gasteiger partial charge in [-0.1, -0.05) is 13.0 Å². The molecule has 12 heavy (non-hydrogen) atoms. The van der Waals surface area contributed by atoms with E-state index < -0.39 is 0 Å². The summed E-state index contributed by atoms with van der Waals surface area (Å²) < 4.78 is 18.6. The lowest BCUT2D eigenvalue weighted by atomic mass is 10.1. The van der Waals surface area contributed by atoms with Crippen LogP contribution in [0.25, 0.3) is 0 Å². The van der Waals surface area contributed by atoms with Gasteiger partial charge in [-0.15, -0.1) is 0 Å². The number of rotatable bonds is 2. The molecule has 0 N–H and O–H groups in total. The highest BCUT2D eigenvalue weighted by molar-refractivity contribution is 9.10. The molecule has 3 heteroatoms. The zero-order chi connectivity index (χ0) is 9.14. The van der Waals surface area contributed by atoms with Gasteiger partial charge in [0.25, 0.3) is 0 Å². The molecule has 0 aliphatic carbocycles. The van der Waals surface area contributed by atoms with Gasteiger partial charge >= 0.3 is 0 Å². The number of hydrogen-bond donors (Lipinski definition) is 0. The Hall–Kier alpha value is -0.570. The van der Waals surface area contributed by atoms with Crippen LogP contribution in [0.4, 0.5) is 4.39 Å². The zero-order valence-corrected chi connectivity index (χ0v) is 8.61. The molecule has 0 atom stereocenters. The topological polar surface area (TPSA) is 9.23 Å². The van der Waals surface area contributed by atoms with Crippen molar-refractivity contribution in [3.8, 4) is 5.75 Å². The molecule has 0 spiro atoms. The van der Waals surface area contributed by atoms with Crippen LogP contribution in [0.3, 0.4) is 0 Å². The van der Waals surface area contributed by atoms with Crippen LogP contribution < -0.4 is 4.74 Å². The van der Waals surface area contributed by atoms with Crippen molar-refractivity contribution in [1.82, 2.24) is 0 Å². The Labute approximate surface area is 79.7 Å². The number of methoxy groups -OCH3 is 1. The molecule has 66 valence electrons. The van der Waals surface area contributed by atoms with Crippen LogP contribution in [0.5, 0.6) is 5.75 Å². The van der Waals surface area contributed by atoms with Crippen LogP contribution in [0.1, 0.15) is 12.5 Å². The van der Waals surface area contributed by atoms with Gasteiger partial charge in [-0.3, -0.25) is 0 Å². The molecule has 0 aliphatic rings. The zero-order valence-electron chi connectivity index (χ0n) is 7.03. The molecule has 1 aromatic carbocycles. The van der Waals surface area contributed by atoms with Gasteiger partial charge in [0.05, 0.1) is 11.6 Å². The SMILES string of the molecule is CCc1ccc(F)c(OC)c1Br. The van der Waals surface area contributed by atoms with Gasteiger partial charge in [0.2, 0.25) is 0 Å². The predicted molar refractivity (Wildman–Crippen MR) is 50.0 cm³/mol. The first-order valence-corrected chi connectivity index (χ1v) is 4.50. The second kappa shape index (κ2) is 3.90. The first-order chi connectivity index (χ1) is 5.70. The van der Waals surface area contributed by atoms with Crippen LogP contribution in [0.2, 0.25) is 0 Å². The highest BCUT2D eigenvalue weighted by Gasteiger charge is 2.09. The van der Waals surface area contributed by atoms with Crippen molar-refractivity contribution in [1.29, 1.82) is 0 Å². The minimum absolute atomic E-state index is 0.286. The fourth-order valence-electron chi connectivity index (χ4n) is 1.03. The minimum Gasteiger partial charge on any atom is -0.492 e. The molecule has 0 aliphatic heterocycles. The van der Waals surface area contributed by atoms with Gasteiger partial charge in [0, 0.05) is 0 Å². The van der Waals surface area contributed by atoms with Crippen molar-refractivity contribution in [2.45, 2.75) is 13.3 Å². The monoisotopic (exact) mass is 232 g/mol. The Bertz CT molecular complexity index is 286. The lowest BCUT2D eigenvalue weighted by Gasteiger charge is -2.07. The van der Waals surface area contributed by atoms with E-state index in [1.54, 1.807) is 6.07 Å². The molecule has 0 fully saturated rings. The molecule has 0 heterocycles. The Kier molecular flexibility index (Phi) is 3.09. The van der Waals surface area contributed by atoms with Crippen LogP contribution in [0, 0.1) is 5.82 Å². The molecular formula is C9H10BrFO. The number of hydrogen-bond acceptors (Lipinski definition) is 1. The van der Waals surface area contributed by atoms with Gasteiger partial charge in [0.15, 0.2) is 11.6 Å². The van der Waals surface area contributed by atoms with Crippen LogP contribution in [-0.4, -0.2) is 7.11 Å². The maximum Gasteiger partial charge on any atom is 0.168 e. The minimum atomic E-state index is -0.332. The van der Waals surface area contributed by atoms with Crippen molar-refractivity contribution in [3.05, 3.63) is 28.0 Å². The van der Waals surface area contributed by atoms with Gasteiger partial charge < -0.3 is 4.74 Å². The van der Waals surface area contributed by atoms with Crippen molar-refractivity contribution < 1.29 is 9.13 Å². The van der Waals surface area contributed by atoms with E-state index in [9.17, 15) is 4.39 Å². The Morgan fingerprint density at radius 2 is 2.17 bits per heavy atom. The number of halogens is 2. The molecule has 0 bridgehead atoms. The van der Waals surface area contributed by atoms with Crippen molar-refractivity contribution in [3.63, 3.8) is 0 Å². The predicted octanol–water partition coefficient (Wildman–Crippen LogP) is 3.16. The summed E-state index contributed by atoms with van der Waals surface area (Å²) in [6.45, 7) is 2.01. The van der Waals surface area contributed by atoms with E-state index in [1.165, 1.54) is 13.2 Å². The highest BCUT2D eigenvalue weighted by atomic mass is 79.9. The normalized spacial score (nSPS) is 10.0. The lowest BCUT2D eigenvalue weighted by Crippen LogP contribution is -1.92. The first kappa shape index (κ1) is 9.52. The maximum atomic E-state index is 13.0. The second-order valence-electron chi connectivity index (χ2n) is 2.41.